The highest BCUT2D eigenvalue weighted by Crippen LogP contribution is 2.14. The number of nitrogens with one attached hydrogen (secondary N) is 1. The third-order valence-corrected chi connectivity index (χ3v) is 2.67. The van der Waals surface area contributed by atoms with Crippen molar-refractivity contribution < 1.29 is 0 Å². The summed E-state index contributed by atoms with van der Waals surface area (Å²) in [5, 5.41) is 0. The van der Waals surface area contributed by atoms with Crippen molar-refractivity contribution in [3.05, 3.63) is 77.9 Å². The molecule has 0 aliphatic heterocycles. The summed E-state index contributed by atoms with van der Waals surface area (Å²) in [5.74, 6) is 5.60. The van der Waals surface area contributed by atoms with Crippen molar-refractivity contribution in [2.75, 3.05) is 0 Å². The summed E-state index contributed by atoms with van der Waals surface area (Å²) in [6.45, 7) is 4.03. The molecule has 0 aliphatic carbocycles. The van der Waals surface area contributed by atoms with Crippen LogP contribution in [0.1, 0.15) is 25.8 Å². The number of nitrogens with two attached hydrogens (primary N) is 1. The third kappa shape index (κ3) is 5.40. The molecule has 1 aromatic rings. The van der Waals surface area contributed by atoms with E-state index in [9.17, 15) is 0 Å². The van der Waals surface area contributed by atoms with E-state index in [0.29, 0.717) is 0 Å². The number of hydrazine groups is 1. The van der Waals surface area contributed by atoms with Crippen LogP contribution in [0.2, 0.25) is 0 Å². The first-order chi connectivity index (χ1) is 9.31. The largest absolute Gasteiger partial charge is 0.324 e. The summed E-state index contributed by atoms with van der Waals surface area (Å²) in [4.78, 5) is 0. The van der Waals surface area contributed by atoms with Crippen molar-refractivity contribution in [2.24, 2.45) is 5.84 Å². The summed E-state index contributed by atoms with van der Waals surface area (Å²) in [6.07, 6.45) is 13.3. The summed E-state index contributed by atoms with van der Waals surface area (Å²) >= 11 is 0. The molecule has 0 heterocycles. The summed E-state index contributed by atoms with van der Waals surface area (Å²) in [5.41, 5.74) is 6.04. The van der Waals surface area contributed by atoms with Gasteiger partial charge in [-0.15, -0.1) is 0 Å². The minimum atomic E-state index is 0.836. The van der Waals surface area contributed by atoms with Gasteiger partial charge in [-0.1, -0.05) is 66.8 Å². The molecule has 2 heteroatoms. The Labute approximate surface area is 116 Å². The fourth-order valence-corrected chi connectivity index (χ4v) is 1.72. The number of hydrogen-bond acceptors (Lipinski definition) is 2. The predicted molar refractivity (Wildman–Crippen MR) is 84.1 cm³/mol. The van der Waals surface area contributed by atoms with Gasteiger partial charge >= 0.3 is 0 Å². The van der Waals surface area contributed by atoms with Gasteiger partial charge in [0.05, 0.1) is 5.70 Å². The minimum absolute atomic E-state index is 0.836. The van der Waals surface area contributed by atoms with Gasteiger partial charge in [-0.25, -0.2) is 0 Å². The van der Waals surface area contributed by atoms with Crippen LogP contribution in [0, 0.1) is 0 Å². The normalized spacial score (nSPS) is 13.4. The van der Waals surface area contributed by atoms with Gasteiger partial charge < -0.3 is 5.43 Å². The zero-order valence-electron chi connectivity index (χ0n) is 11.6. The van der Waals surface area contributed by atoms with Crippen LogP contribution in [0.25, 0.3) is 5.70 Å². The van der Waals surface area contributed by atoms with E-state index in [1.54, 1.807) is 0 Å². The van der Waals surface area contributed by atoms with E-state index in [4.69, 9.17) is 5.84 Å². The van der Waals surface area contributed by atoms with E-state index in [0.717, 1.165) is 17.7 Å². The van der Waals surface area contributed by atoms with E-state index in [1.165, 1.54) is 5.57 Å². The lowest BCUT2D eigenvalue weighted by Gasteiger charge is -2.07. The molecule has 2 nitrogen and oxygen atoms in total. The highest BCUT2D eigenvalue weighted by molar-refractivity contribution is 5.63. The number of benzene rings is 1. The number of rotatable bonds is 6. The average Bonchev–Trinajstić information content (AvgIpc) is 2.46. The molecule has 0 radical (unpaired) electrons. The molecule has 100 valence electrons. The van der Waals surface area contributed by atoms with Gasteiger partial charge in [0.25, 0.3) is 0 Å². The van der Waals surface area contributed by atoms with Gasteiger partial charge in [0.15, 0.2) is 0 Å². The Kier molecular flexibility index (Phi) is 7.06. The molecule has 0 spiro atoms. The molecule has 0 aromatic heterocycles. The maximum atomic E-state index is 5.60. The molecule has 1 rings (SSSR count). The van der Waals surface area contributed by atoms with E-state index in [-0.39, 0.29) is 0 Å². The Hall–Kier alpha value is -2.06. The van der Waals surface area contributed by atoms with Crippen molar-refractivity contribution in [1.82, 2.24) is 5.43 Å². The average molecular weight is 254 g/mol. The second-order valence-electron chi connectivity index (χ2n) is 4.10. The number of hydrogen-bond donors (Lipinski definition) is 2. The fourth-order valence-electron chi connectivity index (χ4n) is 1.72. The molecule has 0 atom stereocenters. The maximum Gasteiger partial charge on any atom is 0.0520 e. The van der Waals surface area contributed by atoms with Gasteiger partial charge in [-0.05, 0) is 31.4 Å². The first-order valence-electron chi connectivity index (χ1n) is 6.48. The monoisotopic (exact) mass is 254 g/mol. The van der Waals surface area contributed by atoms with Crippen molar-refractivity contribution >= 4 is 5.70 Å². The van der Waals surface area contributed by atoms with Crippen LogP contribution in [-0.4, -0.2) is 0 Å². The first-order valence-corrected chi connectivity index (χ1v) is 6.48. The zero-order chi connectivity index (χ0) is 13.9. The lowest BCUT2D eigenvalue weighted by molar-refractivity contribution is 0.984. The molecule has 1 aromatic carbocycles. The molecule has 0 aliphatic rings. The highest BCUT2D eigenvalue weighted by atomic mass is 15.2. The second-order valence-corrected chi connectivity index (χ2v) is 4.10. The molecule has 19 heavy (non-hydrogen) atoms. The SMILES string of the molecule is C\C=C/C(=C\C=C\C)C/C=C(\NN)c1ccccc1. The van der Waals surface area contributed by atoms with Gasteiger partial charge in [-0.2, -0.15) is 0 Å². The van der Waals surface area contributed by atoms with E-state index in [2.05, 4.69) is 23.7 Å². The van der Waals surface area contributed by atoms with Crippen LogP contribution in [-0.2, 0) is 0 Å². The van der Waals surface area contributed by atoms with E-state index < -0.39 is 0 Å². The van der Waals surface area contributed by atoms with Crippen LogP contribution in [0.4, 0.5) is 0 Å². The lowest BCUT2D eigenvalue weighted by atomic mass is 10.1. The smallest absolute Gasteiger partial charge is 0.0520 e. The predicted octanol–water partition coefficient (Wildman–Crippen LogP) is 3.96. The Morgan fingerprint density at radius 2 is 1.89 bits per heavy atom. The molecular weight excluding hydrogens is 232 g/mol. The summed E-state index contributed by atoms with van der Waals surface area (Å²) in [6, 6.07) is 10.1. The van der Waals surface area contributed by atoms with Gasteiger partial charge in [0.2, 0.25) is 0 Å². The van der Waals surface area contributed by atoms with Crippen LogP contribution < -0.4 is 11.3 Å². The first kappa shape index (κ1) is 15.0. The van der Waals surface area contributed by atoms with E-state index >= 15 is 0 Å². The van der Waals surface area contributed by atoms with Crippen LogP contribution >= 0.6 is 0 Å². The standard InChI is InChI=1S/C17H22N2/c1-3-5-10-15(9-4-2)13-14-17(19-18)16-11-7-6-8-12-16/h3-12,14,19H,13,18H2,1-2H3/b5-3+,9-4-,15-10+,17-14-. The molecule has 0 unspecified atom stereocenters. The Balaban J connectivity index is 2.87. The molecule has 0 saturated heterocycles. The quantitative estimate of drug-likeness (QED) is 0.458. The van der Waals surface area contributed by atoms with Crippen molar-refractivity contribution in [2.45, 2.75) is 20.3 Å². The Morgan fingerprint density at radius 1 is 1.16 bits per heavy atom. The molecule has 0 fully saturated rings. The third-order valence-electron chi connectivity index (χ3n) is 2.67. The van der Waals surface area contributed by atoms with Gasteiger partial charge in [0, 0.05) is 0 Å². The summed E-state index contributed by atoms with van der Waals surface area (Å²) in [7, 11) is 0. The van der Waals surface area contributed by atoms with E-state index in [1.807, 2.05) is 62.4 Å². The van der Waals surface area contributed by atoms with Gasteiger partial charge in [0.1, 0.15) is 0 Å². The highest BCUT2D eigenvalue weighted by Gasteiger charge is 1.98. The molecule has 0 bridgehead atoms. The topological polar surface area (TPSA) is 38.0 Å². The van der Waals surface area contributed by atoms with Crippen LogP contribution in [0.5, 0.6) is 0 Å². The van der Waals surface area contributed by atoms with Crippen molar-refractivity contribution in [3.8, 4) is 0 Å². The molecule has 0 amide bonds. The second kappa shape index (κ2) is 8.95. The van der Waals surface area contributed by atoms with Gasteiger partial charge in [-0.3, -0.25) is 5.84 Å². The van der Waals surface area contributed by atoms with Crippen LogP contribution in [0.3, 0.4) is 0 Å². The summed E-state index contributed by atoms with van der Waals surface area (Å²) < 4.78 is 0. The Morgan fingerprint density at radius 3 is 2.47 bits per heavy atom. The Bertz CT molecular complexity index is 479. The lowest BCUT2D eigenvalue weighted by Crippen LogP contribution is -2.19. The molecule has 3 N–H and O–H groups in total. The zero-order valence-corrected chi connectivity index (χ0v) is 11.6. The maximum absolute atomic E-state index is 5.60. The molecular formula is C17H22N2. The van der Waals surface area contributed by atoms with Crippen molar-refractivity contribution in [1.29, 1.82) is 0 Å². The fraction of sp³-hybridized carbons (Fsp3) is 0.176. The molecule has 0 saturated carbocycles. The van der Waals surface area contributed by atoms with Crippen LogP contribution in [0.15, 0.2) is 72.4 Å². The van der Waals surface area contributed by atoms with Crippen molar-refractivity contribution in [3.63, 3.8) is 0 Å². The minimum Gasteiger partial charge on any atom is -0.324 e. The number of allylic oxidation sites excluding steroid dienone is 7.